The van der Waals surface area contributed by atoms with Crippen LogP contribution in [0.3, 0.4) is 0 Å². The van der Waals surface area contributed by atoms with Gasteiger partial charge in [-0.05, 0) is 51.8 Å². The first-order chi connectivity index (χ1) is 8.20. The maximum atomic E-state index is 13.6. The molecule has 18 heavy (non-hydrogen) atoms. The standard InChI is InChI=1S/C15H24FNO/c1-7-15(4,5)17(6)14-8-10(2)13(16)9-12(14)11(3)18/h8-9,11,18H,7H2,1-6H3/t11-/m0/s1. The molecule has 0 saturated carbocycles. The van der Waals surface area contributed by atoms with Crippen LogP contribution in [0.25, 0.3) is 0 Å². The van der Waals surface area contributed by atoms with E-state index in [0.29, 0.717) is 11.1 Å². The number of hydrogen-bond acceptors (Lipinski definition) is 2. The molecule has 1 N–H and O–H groups in total. The van der Waals surface area contributed by atoms with Gasteiger partial charge in [-0.15, -0.1) is 0 Å². The Morgan fingerprint density at radius 2 is 1.94 bits per heavy atom. The van der Waals surface area contributed by atoms with E-state index in [4.69, 9.17) is 0 Å². The Morgan fingerprint density at radius 3 is 2.39 bits per heavy atom. The summed E-state index contributed by atoms with van der Waals surface area (Å²) in [5.41, 5.74) is 2.11. The molecule has 0 fully saturated rings. The first kappa shape index (κ1) is 15.0. The highest BCUT2D eigenvalue weighted by Gasteiger charge is 2.25. The molecular weight excluding hydrogens is 229 g/mol. The third kappa shape index (κ3) is 2.83. The van der Waals surface area contributed by atoms with Gasteiger partial charge >= 0.3 is 0 Å². The van der Waals surface area contributed by atoms with Crippen LogP contribution in [0, 0.1) is 12.7 Å². The molecule has 1 aromatic rings. The molecule has 0 bridgehead atoms. The molecule has 0 aliphatic rings. The maximum Gasteiger partial charge on any atom is 0.126 e. The lowest BCUT2D eigenvalue weighted by Crippen LogP contribution is -2.41. The van der Waals surface area contributed by atoms with Crippen molar-refractivity contribution in [3.8, 4) is 0 Å². The lowest BCUT2D eigenvalue weighted by Gasteiger charge is -2.38. The summed E-state index contributed by atoms with van der Waals surface area (Å²) in [4.78, 5) is 2.11. The number of hydrogen-bond donors (Lipinski definition) is 1. The average Bonchev–Trinajstić information content (AvgIpc) is 2.30. The predicted molar refractivity (Wildman–Crippen MR) is 74.5 cm³/mol. The molecule has 0 aliphatic carbocycles. The molecule has 0 saturated heterocycles. The Hall–Kier alpha value is -1.09. The number of aliphatic hydroxyl groups excluding tert-OH is 1. The SMILES string of the molecule is CCC(C)(C)N(C)c1cc(C)c(F)cc1[C@H](C)O. The molecule has 1 atom stereocenters. The Morgan fingerprint density at radius 1 is 1.39 bits per heavy atom. The number of halogens is 1. The first-order valence-electron chi connectivity index (χ1n) is 6.42. The van der Waals surface area contributed by atoms with Gasteiger partial charge in [0.1, 0.15) is 5.82 Å². The highest BCUT2D eigenvalue weighted by Crippen LogP contribution is 2.33. The van der Waals surface area contributed by atoms with Crippen LogP contribution in [0.1, 0.15) is 51.3 Å². The van der Waals surface area contributed by atoms with Gasteiger partial charge < -0.3 is 10.0 Å². The lowest BCUT2D eigenvalue weighted by atomic mass is 9.96. The Bertz CT molecular complexity index is 427. The second-order valence-corrected chi connectivity index (χ2v) is 5.56. The van der Waals surface area contributed by atoms with Crippen molar-refractivity contribution in [2.45, 2.75) is 52.7 Å². The summed E-state index contributed by atoms with van der Waals surface area (Å²) in [5, 5.41) is 9.81. The zero-order valence-electron chi connectivity index (χ0n) is 12.2. The van der Waals surface area contributed by atoms with Crippen molar-refractivity contribution in [1.29, 1.82) is 0 Å². The summed E-state index contributed by atoms with van der Waals surface area (Å²) >= 11 is 0. The minimum Gasteiger partial charge on any atom is -0.389 e. The van der Waals surface area contributed by atoms with E-state index in [1.165, 1.54) is 6.07 Å². The van der Waals surface area contributed by atoms with E-state index in [1.54, 1.807) is 13.8 Å². The quantitative estimate of drug-likeness (QED) is 0.882. The molecule has 0 radical (unpaired) electrons. The fourth-order valence-corrected chi connectivity index (χ4v) is 1.87. The van der Waals surface area contributed by atoms with Gasteiger partial charge in [-0.1, -0.05) is 6.92 Å². The number of rotatable bonds is 4. The molecule has 0 aromatic heterocycles. The number of aryl methyl sites for hydroxylation is 1. The van der Waals surface area contributed by atoms with E-state index in [-0.39, 0.29) is 11.4 Å². The van der Waals surface area contributed by atoms with Crippen molar-refractivity contribution < 1.29 is 9.50 Å². The summed E-state index contributed by atoms with van der Waals surface area (Å²) in [6, 6.07) is 3.26. The van der Waals surface area contributed by atoms with Crippen LogP contribution in [-0.2, 0) is 0 Å². The van der Waals surface area contributed by atoms with Crippen molar-refractivity contribution in [1.82, 2.24) is 0 Å². The van der Waals surface area contributed by atoms with E-state index in [0.717, 1.165) is 12.1 Å². The molecule has 0 amide bonds. The smallest absolute Gasteiger partial charge is 0.126 e. The van der Waals surface area contributed by atoms with Gasteiger partial charge in [-0.3, -0.25) is 0 Å². The molecule has 3 heteroatoms. The minimum absolute atomic E-state index is 0.0338. The maximum absolute atomic E-state index is 13.6. The number of aliphatic hydroxyl groups is 1. The molecular formula is C15H24FNO. The third-order valence-electron chi connectivity index (χ3n) is 3.89. The minimum atomic E-state index is -0.676. The topological polar surface area (TPSA) is 23.5 Å². The zero-order valence-corrected chi connectivity index (χ0v) is 12.2. The van der Waals surface area contributed by atoms with Crippen LogP contribution < -0.4 is 4.90 Å². The molecule has 1 aromatic carbocycles. The highest BCUT2D eigenvalue weighted by molar-refractivity contribution is 5.57. The van der Waals surface area contributed by atoms with Crippen molar-refractivity contribution in [3.05, 3.63) is 29.1 Å². The summed E-state index contributed by atoms with van der Waals surface area (Å²) in [6.07, 6.45) is 0.296. The average molecular weight is 253 g/mol. The second-order valence-electron chi connectivity index (χ2n) is 5.56. The van der Waals surface area contributed by atoms with Crippen LogP contribution in [0.2, 0.25) is 0 Å². The van der Waals surface area contributed by atoms with E-state index in [1.807, 2.05) is 13.1 Å². The molecule has 102 valence electrons. The van der Waals surface area contributed by atoms with E-state index in [9.17, 15) is 9.50 Å². The van der Waals surface area contributed by atoms with Gasteiger partial charge in [0.05, 0.1) is 6.10 Å². The monoisotopic (exact) mass is 253 g/mol. The van der Waals surface area contributed by atoms with Crippen LogP contribution >= 0.6 is 0 Å². The van der Waals surface area contributed by atoms with Crippen LogP contribution in [0.15, 0.2) is 12.1 Å². The predicted octanol–water partition coefficient (Wildman–Crippen LogP) is 3.81. The highest BCUT2D eigenvalue weighted by atomic mass is 19.1. The van der Waals surface area contributed by atoms with Crippen LogP contribution in [0.4, 0.5) is 10.1 Å². The summed E-state index contributed by atoms with van der Waals surface area (Å²) in [7, 11) is 1.99. The first-order valence-corrected chi connectivity index (χ1v) is 6.42. The summed E-state index contributed by atoms with van der Waals surface area (Å²) in [5.74, 6) is -0.266. The molecule has 2 nitrogen and oxygen atoms in total. The lowest BCUT2D eigenvalue weighted by molar-refractivity contribution is 0.199. The normalized spacial score (nSPS) is 13.6. The summed E-state index contributed by atoms with van der Waals surface area (Å²) < 4.78 is 13.6. The van der Waals surface area contributed by atoms with Gasteiger partial charge in [0.25, 0.3) is 0 Å². The molecule has 1 rings (SSSR count). The molecule has 0 aliphatic heterocycles. The van der Waals surface area contributed by atoms with Gasteiger partial charge in [-0.25, -0.2) is 4.39 Å². The van der Waals surface area contributed by atoms with E-state index < -0.39 is 6.10 Å². The molecule has 0 heterocycles. The Kier molecular flexibility index (Phi) is 4.38. The van der Waals surface area contributed by atoms with Gasteiger partial charge in [0.2, 0.25) is 0 Å². The van der Waals surface area contributed by atoms with Gasteiger partial charge in [-0.2, -0.15) is 0 Å². The zero-order chi connectivity index (χ0) is 14.1. The number of benzene rings is 1. The third-order valence-corrected chi connectivity index (χ3v) is 3.89. The van der Waals surface area contributed by atoms with E-state index >= 15 is 0 Å². The molecule has 0 unspecified atom stereocenters. The fourth-order valence-electron chi connectivity index (χ4n) is 1.87. The van der Waals surface area contributed by atoms with Crippen LogP contribution in [0.5, 0.6) is 0 Å². The Balaban J connectivity index is 3.34. The van der Waals surface area contributed by atoms with Gasteiger partial charge in [0.15, 0.2) is 0 Å². The molecule has 0 spiro atoms. The van der Waals surface area contributed by atoms with E-state index in [2.05, 4.69) is 25.7 Å². The Labute approximate surface area is 109 Å². The van der Waals surface area contributed by atoms with Crippen LogP contribution in [-0.4, -0.2) is 17.7 Å². The fraction of sp³-hybridized carbons (Fsp3) is 0.600. The second kappa shape index (κ2) is 5.27. The number of anilines is 1. The van der Waals surface area contributed by atoms with Crippen molar-refractivity contribution in [2.24, 2.45) is 0 Å². The van der Waals surface area contributed by atoms with Crippen molar-refractivity contribution >= 4 is 5.69 Å². The summed E-state index contributed by atoms with van der Waals surface area (Å²) in [6.45, 7) is 9.81. The number of nitrogens with zero attached hydrogens (tertiary/aromatic N) is 1. The van der Waals surface area contributed by atoms with Crippen molar-refractivity contribution in [3.63, 3.8) is 0 Å². The van der Waals surface area contributed by atoms with Crippen molar-refractivity contribution in [2.75, 3.05) is 11.9 Å². The van der Waals surface area contributed by atoms with Gasteiger partial charge in [0, 0.05) is 23.8 Å². The largest absolute Gasteiger partial charge is 0.389 e.